The normalized spacial score (nSPS) is 11.8. The molecule has 0 saturated carbocycles. The molecule has 2 aromatic rings. The van der Waals surface area contributed by atoms with Crippen LogP contribution in [0, 0.1) is 12.7 Å². The molecule has 1 atom stereocenters. The van der Waals surface area contributed by atoms with Crippen molar-refractivity contribution in [1.82, 2.24) is 20.3 Å². The number of carboxylic acid groups (broad SMARTS) is 1. The van der Waals surface area contributed by atoms with Gasteiger partial charge in [0.1, 0.15) is 5.82 Å². The SMILES string of the molecule is C=CCOCC(NC(=O)c1nnn(-c2ccc(F)c(Cl)c2)c1C)C(=O)O. The Morgan fingerprint density at radius 3 is 2.88 bits per heavy atom. The van der Waals surface area contributed by atoms with Crippen LogP contribution in [0.1, 0.15) is 16.2 Å². The van der Waals surface area contributed by atoms with Crippen molar-refractivity contribution in [3.05, 3.63) is 53.1 Å². The maximum absolute atomic E-state index is 13.3. The summed E-state index contributed by atoms with van der Waals surface area (Å²) in [6.45, 7) is 4.94. The summed E-state index contributed by atoms with van der Waals surface area (Å²) in [5.74, 6) is -2.57. The number of nitrogens with one attached hydrogen (secondary N) is 1. The number of hydrogen-bond acceptors (Lipinski definition) is 5. The highest BCUT2D eigenvalue weighted by Gasteiger charge is 2.24. The first-order valence-electron chi connectivity index (χ1n) is 7.45. The second kappa shape index (κ2) is 8.54. The number of halogens is 2. The molecular weight excluding hydrogens is 367 g/mol. The van der Waals surface area contributed by atoms with Crippen LogP contribution in [0.4, 0.5) is 4.39 Å². The molecule has 1 aromatic carbocycles. The molecular formula is C16H16ClFN4O4. The van der Waals surface area contributed by atoms with Crippen LogP contribution in [-0.4, -0.2) is 51.2 Å². The number of nitrogens with zero attached hydrogens (tertiary/aromatic N) is 3. The third-order valence-corrected chi connectivity index (χ3v) is 3.67. The van der Waals surface area contributed by atoms with Crippen molar-refractivity contribution < 1.29 is 23.8 Å². The van der Waals surface area contributed by atoms with Gasteiger partial charge in [-0.15, -0.1) is 11.7 Å². The number of rotatable bonds is 8. The molecule has 0 saturated heterocycles. The van der Waals surface area contributed by atoms with Crippen LogP contribution < -0.4 is 5.32 Å². The highest BCUT2D eigenvalue weighted by Crippen LogP contribution is 2.20. The lowest BCUT2D eigenvalue weighted by Gasteiger charge is -2.13. The summed E-state index contributed by atoms with van der Waals surface area (Å²) >= 11 is 5.75. The molecule has 138 valence electrons. The van der Waals surface area contributed by atoms with Gasteiger partial charge in [-0.25, -0.2) is 13.9 Å². The van der Waals surface area contributed by atoms with Gasteiger partial charge >= 0.3 is 5.97 Å². The Hall–Kier alpha value is -2.78. The van der Waals surface area contributed by atoms with Gasteiger partial charge in [-0.3, -0.25) is 4.79 Å². The standard InChI is InChI=1S/C16H16ClFN4O4/c1-3-6-26-8-13(16(24)25)19-15(23)14-9(2)22(21-20-14)10-4-5-12(18)11(17)7-10/h3-5,7,13H,1,6,8H2,2H3,(H,19,23)(H,24,25). The van der Waals surface area contributed by atoms with E-state index in [9.17, 15) is 14.0 Å². The topological polar surface area (TPSA) is 106 Å². The second-order valence-corrected chi connectivity index (χ2v) is 5.63. The molecule has 10 heteroatoms. The minimum absolute atomic E-state index is 0.0691. The van der Waals surface area contributed by atoms with Crippen LogP contribution in [0.15, 0.2) is 30.9 Å². The number of aromatic nitrogens is 3. The minimum atomic E-state index is -1.26. The molecule has 8 nitrogen and oxygen atoms in total. The number of hydrogen-bond donors (Lipinski definition) is 2. The predicted octanol–water partition coefficient (Wildman–Crippen LogP) is 1.75. The molecule has 0 aliphatic carbocycles. The van der Waals surface area contributed by atoms with Crippen molar-refractivity contribution in [2.24, 2.45) is 0 Å². The summed E-state index contributed by atoms with van der Waals surface area (Å²) in [7, 11) is 0. The molecule has 0 spiro atoms. The fraction of sp³-hybridized carbons (Fsp3) is 0.250. The van der Waals surface area contributed by atoms with E-state index in [4.69, 9.17) is 21.4 Å². The molecule has 0 aliphatic rings. The summed E-state index contributed by atoms with van der Waals surface area (Å²) in [5, 5.41) is 19.0. The van der Waals surface area contributed by atoms with Crippen molar-refractivity contribution in [2.45, 2.75) is 13.0 Å². The average Bonchev–Trinajstić information content (AvgIpc) is 2.98. The molecule has 2 N–H and O–H groups in total. The molecule has 2 rings (SSSR count). The first-order chi connectivity index (χ1) is 12.3. The zero-order valence-electron chi connectivity index (χ0n) is 13.8. The Morgan fingerprint density at radius 2 is 2.27 bits per heavy atom. The Balaban J connectivity index is 2.19. The number of carbonyl (C=O) groups excluding carboxylic acids is 1. The average molecular weight is 383 g/mol. The fourth-order valence-electron chi connectivity index (χ4n) is 2.07. The number of carboxylic acids is 1. The molecule has 1 heterocycles. The van der Waals surface area contributed by atoms with Crippen molar-refractivity contribution in [1.29, 1.82) is 0 Å². The minimum Gasteiger partial charge on any atom is -0.480 e. The molecule has 1 amide bonds. The first kappa shape index (κ1) is 19.5. The van der Waals surface area contributed by atoms with Gasteiger partial charge < -0.3 is 15.2 Å². The maximum atomic E-state index is 13.3. The van der Waals surface area contributed by atoms with Crippen LogP contribution in [0.3, 0.4) is 0 Å². The van der Waals surface area contributed by atoms with E-state index in [0.29, 0.717) is 11.4 Å². The third kappa shape index (κ3) is 4.44. The number of benzene rings is 1. The Bertz CT molecular complexity index is 840. The van der Waals surface area contributed by atoms with Crippen LogP contribution in [0.25, 0.3) is 5.69 Å². The Kier molecular flexibility index (Phi) is 6.42. The van der Waals surface area contributed by atoms with E-state index in [1.54, 1.807) is 6.92 Å². The smallest absolute Gasteiger partial charge is 0.328 e. The molecule has 1 unspecified atom stereocenters. The largest absolute Gasteiger partial charge is 0.480 e. The number of amides is 1. The van der Waals surface area contributed by atoms with E-state index in [2.05, 4.69) is 22.2 Å². The van der Waals surface area contributed by atoms with Gasteiger partial charge in [0.15, 0.2) is 11.7 Å². The van der Waals surface area contributed by atoms with Crippen molar-refractivity contribution >= 4 is 23.5 Å². The summed E-state index contributed by atoms with van der Waals surface area (Å²) in [4.78, 5) is 23.6. The van der Waals surface area contributed by atoms with E-state index in [0.717, 1.165) is 6.07 Å². The van der Waals surface area contributed by atoms with E-state index in [-0.39, 0.29) is 23.9 Å². The summed E-state index contributed by atoms with van der Waals surface area (Å²) in [6, 6.07) is 2.67. The van der Waals surface area contributed by atoms with Crippen molar-refractivity contribution in [3.8, 4) is 5.69 Å². The summed E-state index contributed by atoms with van der Waals surface area (Å²) in [6.07, 6.45) is 1.46. The molecule has 0 bridgehead atoms. The lowest BCUT2D eigenvalue weighted by Crippen LogP contribution is -2.44. The predicted molar refractivity (Wildman–Crippen MR) is 91.0 cm³/mol. The lowest BCUT2D eigenvalue weighted by atomic mass is 10.2. The van der Waals surface area contributed by atoms with Gasteiger partial charge in [-0.1, -0.05) is 22.9 Å². The van der Waals surface area contributed by atoms with Crippen LogP contribution in [0.2, 0.25) is 5.02 Å². The van der Waals surface area contributed by atoms with Gasteiger partial charge in [-0.2, -0.15) is 0 Å². The molecule has 26 heavy (non-hydrogen) atoms. The Morgan fingerprint density at radius 1 is 1.54 bits per heavy atom. The zero-order chi connectivity index (χ0) is 19.3. The van der Waals surface area contributed by atoms with Gasteiger partial charge in [0.05, 0.1) is 29.6 Å². The first-order valence-corrected chi connectivity index (χ1v) is 7.83. The van der Waals surface area contributed by atoms with E-state index in [1.165, 1.54) is 22.9 Å². The highest BCUT2D eigenvalue weighted by atomic mass is 35.5. The molecule has 0 radical (unpaired) electrons. The zero-order valence-corrected chi connectivity index (χ0v) is 14.5. The highest BCUT2D eigenvalue weighted by molar-refractivity contribution is 6.30. The van der Waals surface area contributed by atoms with E-state index in [1.807, 2.05) is 0 Å². The van der Waals surface area contributed by atoms with E-state index >= 15 is 0 Å². The molecule has 0 aliphatic heterocycles. The quantitative estimate of drug-likeness (QED) is 0.532. The van der Waals surface area contributed by atoms with Gasteiger partial charge in [-0.05, 0) is 25.1 Å². The summed E-state index contributed by atoms with van der Waals surface area (Å²) < 4.78 is 19.6. The van der Waals surface area contributed by atoms with Crippen LogP contribution in [-0.2, 0) is 9.53 Å². The second-order valence-electron chi connectivity index (χ2n) is 5.22. The monoisotopic (exact) mass is 382 g/mol. The fourth-order valence-corrected chi connectivity index (χ4v) is 2.25. The maximum Gasteiger partial charge on any atom is 0.328 e. The van der Waals surface area contributed by atoms with Crippen molar-refractivity contribution in [2.75, 3.05) is 13.2 Å². The molecule has 1 aromatic heterocycles. The van der Waals surface area contributed by atoms with Crippen LogP contribution in [0.5, 0.6) is 0 Å². The molecule has 0 fully saturated rings. The third-order valence-electron chi connectivity index (χ3n) is 3.38. The van der Waals surface area contributed by atoms with E-state index < -0.39 is 23.7 Å². The van der Waals surface area contributed by atoms with Crippen LogP contribution >= 0.6 is 11.6 Å². The number of ether oxygens (including phenoxy) is 1. The number of carbonyl (C=O) groups is 2. The number of aliphatic carboxylic acids is 1. The lowest BCUT2D eigenvalue weighted by molar-refractivity contribution is -0.140. The van der Waals surface area contributed by atoms with Gasteiger partial charge in [0.25, 0.3) is 5.91 Å². The summed E-state index contributed by atoms with van der Waals surface area (Å²) in [5.41, 5.74) is 0.672. The van der Waals surface area contributed by atoms with Gasteiger partial charge in [0.2, 0.25) is 0 Å². The Labute approximate surface area is 153 Å². The van der Waals surface area contributed by atoms with Gasteiger partial charge in [0, 0.05) is 0 Å². The van der Waals surface area contributed by atoms with Crippen molar-refractivity contribution in [3.63, 3.8) is 0 Å².